The van der Waals surface area contributed by atoms with Crippen LogP contribution in [0.25, 0.3) is 0 Å². The highest BCUT2D eigenvalue weighted by Gasteiger charge is 2.26. The SMILES string of the molecule is COC(=O)c1ccccc1CS(=O)(=O)NC1CCCc2cc(N)ccc21.Cl. The number of halogens is 1. The number of fused-ring (bicyclic) bond motifs is 1. The lowest BCUT2D eigenvalue weighted by atomic mass is 9.88. The number of carbonyl (C=O) groups excluding carboxylic acids is 1. The number of benzene rings is 2. The molecule has 0 spiro atoms. The van der Waals surface area contributed by atoms with Gasteiger partial charge in [-0.3, -0.25) is 0 Å². The highest BCUT2D eigenvalue weighted by molar-refractivity contribution is 7.88. The molecule has 0 heterocycles. The molecule has 0 aliphatic heterocycles. The van der Waals surface area contributed by atoms with E-state index in [1.165, 1.54) is 7.11 Å². The summed E-state index contributed by atoms with van der Waals surface area (Å²) in [6.45, 7) is 0. The first-order chi connectivity index (χ1) is 12.4. The molecule has 0 fully saturated rings. The van der Waals surface area contributed by atoms with Crippen LogP contribution in [0, 0.1) is 0 Å². The maximum absolute atomic E-state index is 12.7. The molecule has 1 atom stereocenters. The zero-order valence-electron chi connectivity index (χ0n) is 15.0. The van der Waals surface area contributed by atoms with Gasteiger partial charge in [-0.25, -0.2) is 17.9 Å². The molecule has 0 saturated heterocycles. The van der Waals surface area contributed by atoms with Crippen molar-refractivity contribution in [2.24, 2.45) is 0 Å². The van der Waals surface area contributed by atoms with Crippen molar-refractivity contribution in [3.8, 4) is 0 Å². The Bertz CT molecular complexity index is 931. The summed E-state index contributed by atoms with van der Waals surface area (Å²) in [7, 11) is -2.37. The lowest BCUT2D eigenvalue weighted by Gasteiger charge is -2.26. The zero-order chi connectivity index (χ0) is 18.7. The average molecular weight is 411 g/mol. The molecule has 0 saturated carbocycles. The molecule has 0 amide bonds. The smallest absolute Gasteiger partial charge is 0.338 e. The van der Waals surface area contributed by atoms with Crippen molar-refractivity contribution in [3.05, 3.63) is 64.7 Å². The van der Waals surface area contributed by atoms with Crippen molar-refractivity contribution < 1.29 is 17.9 Å². The fourth-order valence-electron chi connectivity index (χ4n) is 3.38. The molecule has 2 aromatic carbocycles. The van der Waals surface area contributed by atoms with Gasteiger partial charge in [-0.2, -0.15) is 0 Å². The molecular formula is C19H23ClN2O4S. The van der Waals surface area contributed by atoms with Gasteiger partial charge in [0.1, 0.15) is 0 Å². The first-order valence-electron chi connectivity index (χ1n) is 8.44. The molecule has 146 valence electrons. The van der Waals surface area contributed by atoms with E-state index in [0.717, 1.165) is 30.4 Å². The van der Waals surface area contributed by atoms with Crippen LogP contribution < -0.4 is 10.5 Å². The van der Waals surface area contributed by atoms with E-state index >= 15 is 0 Å². The molecule has 0 bridgehead atoms. The van der Waals surface area contributed by atoms with Gasteiger partial charge in [0.2, 0.25) is 10.0 Å². The highest BCUT2D eigenvalue weighted by atomic mass is 35.5. The van der Waals surface area contributed by atoms with Gasteiger partial charge < -0.3 is 10.5 Å². The largest absolute Gasteiger partial charge is 0.465 e. The fraction of sp³-hybridized carbons (Fsp3) is 0.316. The summed E-state index contributed by atoms with van der Waals surface area (Å²) in [6, 6.07) is 11.9. The van der Waals surface area contributed by atoms with E-state index < -0.39 is 16.0 Å². The molecule has 0 radical (unpaired) electrons. The molecular weight excluding hydrogens is 388 g/mol. The van der Waals surface area contributed by atoms with Crippen LogP contribution in [0.3, 0.4) is 0 Å². The van der Waals surface area contributed by atoms with E-state index in [1.54, 1.807) is 30.3 Å². The van der Waals surface area contributed by atoms with Crippen molar-refractivity contribution in [2.75, 3.05) is 12.8 Å². The third-order valence-corrected chi connectivity index (χ3v) is 5.91. The van der Waals surface area contributed by atoms with Crippen LogP contribution in [0.4, 0.5) is 5.69 Å². The molecule has 6 nitrogen and oxygen atoms in total. The first-order valence-corrected chi connectivity index (χ1v) is 10.1. The van der Waals surface area contributed by atoms with E-state index in [1.807, 2.05) is 12.1 Å². The average Bonchev–Trinajstić information content (AvgIpc) is 2.60. The normalized spacial score (nSPS) is 16.1. The van der Waals surface area contributed by atoms with Gasteiger partial charge in [-0.1, -0.05) is 24.3 Å². The summed E-state index contributed by atoms with van der Waals surface area (Å²) >= 11 is 0. The Morgan fingerprint density at radius 2 is 2.00 bits per heavy atom. The molecule has 0 aromatic heterocycles. The van der Waals surface area contributed by atoms with Crippen molar-refractivity contribution in [3.63, 3.8) is 0 Å². The number of aryl methyl sites for hydroxylation is 1. The van der Waals surface area contributed by atoms with E-state index in [4.69, 9.17) is 10.5 Å². The maximum atomic E-state index is 12.7. The predicted molar refractivity (Wildman–Crippen MR) is 107 cm³/mol. The summed E-state index contributed by atoms with van der Waals surface area (Å²) in [5.41, 5.74) is 9.24. The molecule has 27 heavy (non-hydrogen) atoms. The number of ether oxygens (including phenoxy) is 1. The van der Waals surface area contributed by atoms with Gasteiger partial charge in [0.05, 0.1) is 18.4 Å². The summed E-state index contributed by atoms with van der Waals surface area (Å²) in [5.74, 6) is -0.826. The molecule has 1 aliphatic carbocycles. The summed E-state index contributed by atoms with van der Waals surface area (Å²) in [6.07, 6.45) is 2.51. The first kappa shape index (κ1) is 21.2. The molecule has 3 N–H and O–H groups in total. The van der Waals surface area contributed by atoms with Crippen LogP contribution in [0.15, 0.2) is 42.5 Å². The number of nitrogens with one attached hydrogen (secondary N) is 1. The van der Waals surface area contributed by atoms with Crippen molar-refractivity contribution >= 4 is 34.1 Å². The summed E-state index contributed by atoms with van der Waals surface area (Å²) < 4.78 is 33.0. The standard InChI is InChI=1S/C19H22N2O4S.ClH/c1-25-19(22)17-7-3-2-5-14(17)12-26(23,24)21-18-8-4-6-13-11-15(20)9-10-16(13)18;/h2-3,5,7,9-11,18,21H,4,6,8,12,20H2,1H3;1H. The van der Waals surface area contributed by atoms with Gasteiger partial charge in [0.15, 0.2) is 0 Å². The van der Waals surface area contributed by atoms with Crippen LogP contribution in [-0.4, -0.2) is 21.5 Å². The Morgan fingerprint density at radius 3 is 2.74 bits per heavy atom. The minimum absolute atomic E-state index is 0. The molecule has 1 aliphatic rings. The number of carbonyl (C=O) groups is 1. The number of hydrogen-bond donors (Lipinski definition) is 2. The second-order valence-electron chi connectivity index (χ2n) is 6.43. The van der Waals surface area contributed by atoms with Crippen LogP contribution in [-0.2, 0) is 26.9 Å². The van der Waals surface area contributed by atoms with Gasteiger partial charge in [-0.05, 0) is 54.2 Å². The number of nitrogen functional groups attached to an aromatic ring is 1. The number of anilines is 1. The predicted octanol–water partition coefficient (Wildman–Crippen LogP) is 2.97. The van der Waals surface area contributed by atoms with Gasteiger partial charge in [0.25, 0.3) is 0 Å². The minimum atomic E-state index is -3.64. The van der Waals surface area contributed by atoms with Gasteiger partial charge >= 0.3 is 5.97 Å². The molecule has 3 rings (SSSR count). The molecule has 2 aromatic rings. The maximum Gasteiger partial charge on any atom is 0.338 e. The summed E-state index contributed by atoms with van der Waals surface area (Å²) in [4.78, 5) is 11.9. The van der Waals surface area contributed by atoms with Crippen LogP contribution in [0.5, 0.6) is 0 Å². The second kappa shape index (κ2) is 8.73. The van der Waals surface area contributed by atoms with Gasteiger partial charge in [0, 0.05) is 11.7 Å². The monoisotopic (exact) mass is 410 g/mol. The third-order valence-electron chi connectivity index (χ3n) is 4.57. The topological polar surface area (TPSA) is 98.5 Å². The number of esters is 1. The van der Waals surface area contributed by atoms with Crippen LogP contribution >= 0.6 is 12.4 Å². The van der Waals surface area contributed by atoms with Crippen molar-refractivity contribution in [1.82, 2.24) is 4.72 Å². The van der Waals surface area contributed by atoms with Crippen molar-refractivity contribution in [2.45, 2.75) is 31.1 Å². The lowest BCUT2D eigenvalue weighted by molar-refractivity contribution is 0.0600. The quantitative estimate of drug-likeness (QED) is 0.583. The Kier molecular flexibility index (Phi) is 6.86. The van der Waals surface area contributed by atoms with E-state index in [-0.39, 0.29) is 29.8 Å². The van der Waals surface area contributed by atoms with E-state index in [9.17, 15) is 13.2 Å². The number of sulfonamides is 1. The third kappa shape index (κ3) is 5.00. The van der Waals surface area contributed by atoms with Crippen molar-refractivity contribution in [1.29, 1.82) is 0 Å². The van der Waals surface area contributed by atoms with Crippen LogP contribution in [0.1, 0.15) is 45.9 Å². The zero-order valence-corrected chi connectivity index (χ0v) is 16.6. The number of methoxy groups -OCH3 is 1. The minimum Gasteiger partial charge on any atom is -0.465 e. The van der Waals surface area contributed by atoms with Crippen LogP contribution in [0.2, 0.25) is 0 Å². The summed E-state index contributed by atoms with van der Waals surface area (Å²) in [5, 5.41) is 0. The Balaban J connectivity index is 0.00000261. The Morgan fingerprint density at radius 1 is 1.26 bits per heavy atom. The fourth-order valence-corrected chi connectivity index (χ4v) is 4.80. The van der Waals surface area contributed by atoms with E-state index in [2.05, 4.69) is 4.72 Å². The van der Waals surface area contributed by atoms with E-state index in [0.29, 0.717) is 11.3 Å². The Hall–Kier alpha value is -2.09. The number of rotatable bonds is 5. The highest BCUT2D eigenvalue weighted by Crippen LogP contribution is 2.31. The number of hydrogen-bond acceptors (Lipinski definition) is 5. The number of nitrogens with two attached hydrogens (primary N) is 1. The lowest BCUT2D eigenvalue weighted by Crippen LogP contribution is -2.32. The Labute approximate surface area is 165 Å². The van der Waals surface area contributed by atoms with Gasteiger partial charge in [-0.15, -0.1) is 12.4 Å². The second-order valence-corrected chi connectivity index (χ2v) is 8.18. The molecule has 1 unspecified atom stereocenters. The molecule has 8 heteroatoms.